The van der Waals surface area contributed by atoms with Crippen LogP contribution in [0.25, 0.3) is 16.9 Å². The molecule has 0 spiro atoms. The zero-order valence-corrected chi connectivity index (χ0v) is 16.9. The number of ether oxygens (including phenoxy) is 2. The second-order valence-electron chi connectivity index (χ2n) is 7.34. The summed E-state index contributed by atoms with van der Waals surface area (Å²) in [5.41, 5.74) is 8.22. The van der Waals surface area contributed by atoms with E-state index in [0.29, 0.717) is 35.5 Å². The zero-order chi connectivity index (χ0) is 22.3. The topological polar surface area (TPSA) is 79.4 Å². The Morgan fingerprint density at radius 3 is 2.71 bits per heavy atom. The van der Waals surface area contributed by atoms with Crippen molar-refractivity contribution in [3.05, 3.63) is 64.8 Å². The van der Waals surface area contributed by atoms with Crippen molar-refractivity contribution in [1.82, 2.24) is 9.78 Å². The third-order valence-corrected chi connectivity index (χ3v) is 5.24. The van der Waals surface area contributed by atoms with Gasteiger partial charge in [0.2, 0.25) is 5.91 Å². The number of carbonyl (C=O) groups excluding carboxylic acids is 1. The molecule has 1 aromatic heterocycles. The van der Waals surface area contributed by atoms with E-state index in [2.05, 4.69) is 5.10 Å². The molecule has 0 bridgehead atoms. The Hall–Kier alpha value is -3.33. The summed E-state index contributed by atoms with van der Waals surface area (Å²) in [6, 6.07) is 10.4. The maximum Gasteiger partial charge on any atom is 0.419 e. The molecule has 2 heterocycles. The standard InChI is InChI=1S/C22H20F3N3O3/c1-12-8-18-16(11-31-12)20(13-4-3-5-14(9-13)21(26)29)27-28(18)15-6-7-17(22(23,24)25)19(10-15)30-2/h3-7,9-10,12H,8,11H2,1-2H3,(H2,26,29). The lowest BCUT2D eigenvalue weighted by molar-refractivity contribution is -0.138. The Balaban J connectivity index is 1.88. The van der Waals surface area contributed by atoms with Crippen LogP contribution in [-0.4, -0.2) is 28.9 Å². The lowest BCUT2D eigenvalue weighted by Crippen LogP contribution is -2.21. The molecule has 0 fully saturated rings. The van der Waals surface area contributed by atoms with Gasteiger partial charge in [-0.05, 0) is 31.2 Å². The van der Waals surface area contributed by atoms with Crippen molar-refractivity contribution in [3.63, 3.8) is 0 Å². The maximum absolute atomic E-state index is 13.3. The highest BCUT2D eigenvalue weighted by molar-refractivity contribution is 5.94. The number of hydrogen-bond donors (Lipinski definition) is 1. The largest absolute Gasteiger partial charge is 0.496 e. The van der Waals surface area contributed by atoms with E-state index in [1.54, 1.807) is 28.9 Å². The van der Waals surface area contributed by atoms with E-state index in [-0.39, 0.29) is 11.9 Å². The lowest BCUT2D eigenvalue weighted by atomic mass is 10.00. The first kappa shape index (κ1) is 20.9. The molecule has 162 valence electrons. The van der Waals surface area contributed by atoms with Gasteiger partial charge >= 0.3 is 6.18 Å². The Morgan fingerprint density at radius 2 is 2.03 bits per heavy atom. The normalized spacial score (nSPS) is 16.1. The van der Waals surface area contributed by atoms with Crippen LogP contribution in [0.1, 0.15) is 34.1 Å². The highest BCUT2D eigenvalue weighted by Crippen LogP contribution is 2.38. The fourth-order valence-electron chi connectivity index (χ4n) is 3.71. The van der Waals surface area contributed by atoms with Crippen LogP contribution in [0.4, 0.5) is 13.2 Å². The minimum atomic E-state index is -4.53. The Kier molecular flexibility index (Phi) is 5.22. The third kappa shape index (κ3) is 3.88. The highest BCUT2D eigenvalue weighted by Gasteiger charge is 2.35. The first-order chi connectivity index (χ1) is 14.7. The number of primary amides is 1. The van der Waals surface area contributed by atoms with Crippen LogP contribution in [0, 0.1) is 0 Å². The van der Waals surface area contributed by atoms with Gasteiger partial charge in [-0.3, -0.25) is 4.79 Å². The molecule has 31 heavy (non-hydrogen) atoms. The quantitative estimate of drug-likeness (QED) is 0.674. The molecular formula is C22H20F3N3O3. The number of alkyl halides is 3. The van der Waals surface area contributed by atoms with Gasteiger partial charge in [-0.1, -0.05) is 12.1 Å². The van der Waals surface area contributed by atoms with Crippen LogP contribution in [0.2, 0.25) is 0 Å². The van der Waals surface area contributed by atoms with Gasteiger partial charge in [0.1, 0.15) is 5.75 Å². The second-order valence-corrected chi connectivity index (χ2v) is 7.34. The van der Waals surface area contributed by atoms with Crippen LogP contribution < -0.4 is 10.5 Å². The molecule has 1 aliphatic heterocycles. The number of methoxy groups -OCH3 is 1. The van der Waals surface area contributed by atoms with Gasteiger partial charge < -0.3 is 15.2 Å². The number of amides is 1. The molecule has 0 saturated carbocycles. The number of hydrogen-bond acceptors (Lipinski definition) is 4. The SMILES string of the molecule is COc1cc(-n2nc(-c3cccc(C(N)=O)c3)c3c2CC(C)OC3)ccc1C(F)(F)F. The first-order valence-corrected chi connectivity index (χ1v) is 9.57. The minimum absolute atomic E-state index is 0.0795. The molecule has 4 rings (SSSR count). The van der Waals surface area contributed by atoms with Gasteiger partial charge in [-0.25, -0.2) is 4.68 Å². The van der Waals surface area contributed by atoms with Crippen LogP contribution in [0.3, 0.4) is 0 Å². The van der Waals surface area contributed by atoms with E-state index in [1.165, 1.54) is 19.2 Å². The number of nitrogens with two attached hydrogens (primary N) is 1. The highest BCUT2D eigenvalue weighted by atomic mass is 19.4. The van der Waals surface area contributed by atoms with E-state index >= 15 is 0 Å². The molecule has 1 aliphatic rings. The minimum Gasteiger partial charge on any atom is -0.496 e. The van der Waals surface area contributed by atoms with Crippen molar-refractivity contribution in [2.45, 2.75) is 32.2 Å². The van der Waals surface area contributed by atoms with Crippen molar-refractivity contribution < 1.29 is 27.4 Å². The molecule has 1 unspecified atom stereocenters. The fourth-order valence-corrected chi connectivity index (χ4v) is 3.71. The predicted molar refractivity (Wildman–Crippen MR) is 107 cm³/mol. The molecule has 2 aromatic carbocycles. The number of nitrogens with zero attached hydrogens (tertiary/aromatic N) is 2. The summed E-state index contributed by atoms with van der Waals surface area (Å²) >= 11 is 0. The van der Waals surface area contributed by atoms with Crippen LogP contribution in [-0.2, 0) is 23.9 Å². The smallest absolute Gasteiger partial charge is 0.419 e. The van der Waals surface area contributed by atoms with Crippen LogP contribution >= 0.6 is 0 Å². The number of benzene rings is 2. The van der Waals surface area contributed by atoms with E-state index in [4.69, 9.17) is 15.2 Å². The average molecular weight is 431 g/mol. The summed E-state index contributed by atoms with van der Waals surface area (Å²) in [6.07, 6.45) is -4.08. The summed E-state index contributed by atoms with van der Waals surface area (Å²) < 4.78 is 52.2. The molecule has 1 amide bonds. The number of halogens is 3. The van der Waals surface area contributed by atoms with Crippen LogP contribution in [0.5, 0.6) is 5.75 Å². The van der Waals surface area contributed by atoms with Crippen molar-refractivity contribution in [2.24, 2.45) is 5.73 Å². The van der Waals surface area contributed by atoms with Gasteiger partial charge in [0, 0.05) is 29.2 Å². The van der Waals surface area contributed by atoms with Gasteiger partial charge in [0.05, 0.1) is 42.5 Å². The summed E-state index contributed by atoms with van der Waals surface area (Å²) in [7, 11) is 1.20. The van der Waals surface area contributed by atoms with Gasteiger partial charge in [-0.15, -0.1) is 0 Å². The van der Waals surface area contributed by atoms with E-state index in [9.17, 15) is 18.0 Å². The molecule has 3 aromatic rings. The van der Waals surface area contributed by atoms with E-state index in [0.717, 1.165) is 17.3 Å². The molecule has 1 atom stereocenters. The summed E-state index contributed by atoms with van der Waals surface area (Å²) in [5.74, 6) is -0.848. The predicted octanol–water partition coefficient (Wildman–Crippen LogP) is 4.13. The molecule has 0 radical (unpaired) electrons. The Morgan fingerprint density at radius 1 is 1.26 bits per heavy atom. The van der Waals surface area contributed by atoms with Crippen molar-refractivity contribution in [2.75, 3.05) is 7.11 Å². The summed E-state index contributed by atoms with van der Waals surface area (Å²) in [4.78, 5) is 11.6. The molecule has 0 aliphatic carbocycles. The molecule has 2 N–H and O–H groups in total. The molecule has 6 nitrogen and oxygen atoms in total. The average Bonchev–Trinajstić information content (AvgIpc) is 3.11. The third-order valence-electron chi connectivity index (χ3n) is 5.24. The van der Waals surface area contributed by atoms with Crippen molar-refractivity contribution >= 4 is 5.91 Å². The van der Waals surface area contributed by atoms with Crippen molar-refractivity contribution in [3.8, 4) is 22.7 Å². The first-order valence-electron chi connectivity index (χ1n) is 9.57. The summed E-state index contributed by atoms with van der Waals surface area (Å²) in [5, 5.41) is 4.68. The zero-order valence-electron chi connectivity index (χ0n) is 16.9. The van der Waals surface area contributed by atoms with Crippen molar-refractivity contribution in [1.29, 1.82) is 0 Å². The number of fused-ring (bicyclic) bond motifs is 1. The van der Waals surface area contributed by atoms with E-state index in [1.807, 2.05) is 6.92 Å². The maximum atomic E-state index is 13.3. The van der Waals surface area contributed by atoms with Gasteiger partial charge in [-0.2, -0.15) is 18.3 Å². The van der Waals surface area contributed by atoms with Gasteiger partial charge in [0.15, 0.2) is 0 Å². The number of aromatic nitrogens is 2. The van der Waals surface area contributed by atoms with E-state index < -0.39 is 17.6 Å². The van der Waals surface area contributed by atoms with Crippen LogP contribution in [0.15, 0.2) is 42.5 Å². The summed E-state index contributed by atoms with van der Waals surface area (Å²) in [6.45, 7) is 2.21. The number of rotatable bonds is 4. The second kappa shape index (κ2) is 7.73. The molecular weight excluding hydrogens is 411 g/mol. The fraction of sp³-hybridized carbons (Fsp3) is 0.273. The van der Waals surface area contributed by atoms with Gasteiger partial charge in [0.25, 0.3) is 0 Å². The number of carbonyl (C=O) groups is 1. The Labute approximate surface area is 176 Å². The monoisotopic (exact) mass is 431 g/mol. The molecule has 9 heteroatoms. The molecule has 0 saturated heterocycles. The lowest BCUT2D eigenvalue weighted by Gasteiger charge is -2.21. The Bertz CT molecular complexity index is 1150.